The van der Waals surface area contributed by atoms with Gasteiger partial charge in [0.2, 0.25) is 0 Å². The minimum absolute atomic E-state index is 0.237. The van der Waals surface area contributed by atoms with Gasteiger partial charge in [-0.25, -0.2) is 4.39 Å². The number of nitrogens with one attached hydrogen (secondary N) is 1. The van der Waals surface area contributed by atoms with Gasteiger partial charge in [-0.05, 0) is 37.5 Å². The van der Waals surface area contributed by atoms with Crippen molar-refractivity contribution in [2.24, 2.45) is 5.73 Å². The summed E-state index contributed by atoms with van der Waals surface area (Å²) >= 11 is 3.17. The number of benzene rings is 1. The molecule has 1 aromatic carbocycles. The highest BCUT2D eigenvalue weighted by molar-refractivity contribution is 9.10. The van der Waals surface area contributed by atoms with Crippen molar-refractivity contribution >= 4 is 40.6 Å². The summed E-state index contributed by atoms with van der Waals surface area (Å²) in [6.07, 6.45) is 7.76. The number of methoxy groups -OCH3 is 2. The van der Waals surface area contributed by atoms with Gasteiger partial charge < -0.3 is 25.3 Å². The highest BCUT2D eigenvalue weighted by atomic mass is 79.9. The second kappa shape index (κ2) is 22.9. The SMILES string of the molecule is C1=CCCC1.C=O.CNc1cc(F)cc(Br)c1.COC.COC(C=O)C(N)=O. The average Bonchev–Trinajstić information content (AvgIpc) is 3.24. The Labute approximate surface area is 174 Å². The molecule has 0 radical (unpaired) electrons. The average molecular weight is 465 g/mol. The normalized spacial score (nSPS) is 11.5. The maximum absolute atomic E-state index is 12.5. The van der Waals surface area contributed by atoms with Crippen molar-refractivity contribution in [3.05, 3.63) is 40.6 Å². The van der Waals surface area contributed by atoms with Crippen LogP contribution in [-0.2, 0) is 23.9 Å². The van der Waals surface area contributed by atoms with Crippen LogP contribution in [0.5, 0.6) is 0 Å². The first kappa shape index (κ1) is 30.6. The van der Waals surface area contributed by atoms with E-state index in [0.29, 0.717) is 6.29 Å². The number of hydrogen-bond donors (Lipinski definition) is 2. The van der Waals surface area contributed by atoms with Gasteiger partial charge in [0.15, 0.2) is 12.4 Å². The lowest BCUT2D eigenvalue weighted by molar-refractivity contribution is -0.133. The fourth-order valence-electron chi connectivity index (χ4n) is 1.53. The molecule has 1 aromatic rings. The number of halogens is 2. The summed E-state index contributed by atoms with van der Waals surface area (Å²) in [7, 11) is 6.24. The topological polar surface area (TPSA) is 108 Å². The van der Waals surface area contributed by atoms with Crippen LogP contribution in [0.15, 0.2) is 34.8 Å². The van der Waals surface area contributed by atoms with Crippen molar-refractivity contribution in [1.29, 1.82) is 0 Å². The minimum Gasteiger partial charge on any atom is -0.388 e. The molecule has 0 aromatic heterocycles. The third kappa shape index (κ3) is 20.2. The number of aldehydes is 1. The van der Waals surface area contributed by atoms with Gasteiger partial charge in [-0.2, -0.15) is 0 Å². The van der Waals surface area contributed by atoms with Crippen molar-refractivity contribution in [1.82, 2.24) is 0 Å². The van der Waals surface area contributed by atoms with Crippen LogP contribution in [-0.4, -0.2) is 53.5 Å². The Hall–Kier alpha value is -2.10. The number of rotatable bonds is 4. The summed E-state index contributed by atoms with van der Waals surface area (Å²) < 4.78 is 21.9. The predicted molar refractivity (Wildman–Crippen MR) is 113 cm³/mol. The van der Waals surface area contributed by atoms with Crippen LogP contribution in [0, 0.1) is 5.82 Å². The van der Waals surface area contributed by atoms with Crippen molar-refractivity contribution in [3.63, 3.8) is 0 Å². The molecule has 7 nitrogen and oxygen atoms in total. The molecule has 28 heavy (non-hydrogen) atoms. The van der Waals surface area contributed by atoms with E-state index >= 15 is 0 Å². The maximum atomic E-state index is 12.5. The Bertz CT molecular complexity index is 533. The molecule has 0 heterocycles. The first-order chi connectivity index (χ1) is 13.4. The minimum atomic E-state index is -1.09. The van der Waals surface area contributed by atoms with Crippen molar-refractivity contribution in [2.75, 3.05) is 33.7 Å². The van der Waals surface area contributed by atoms with E-state index in [1.54, 1.807) is 21.3 Å². The Kier molecular flexibility index (Phi) is 25.1. The van der Waals surface area contributed by atoms with Crippen molar-refractivity contribution < 1.29 is 28.2 Å². The highest BCUT2D eigenvalue weighted by Gasteiger charge is 2.10. The van der Waals surface area contributed by atoms with Crippen molar-refractivity contribution in [2.45, 2.75) is 25.4 Å². The number of primary amides is 1. The molecule has 1 amide bonds. The fourth-order valence-corrected chi connectivity index (χ4v) is 1.99. The second-order valence-corrected chi connectivity index (χ2v) is 5.83. The highest BCUT2D eigenvalue weighted by Crippen LogP contribution is 2.17. The Morgan fingerprint density at radius 3 is 1.96 bits per heavy atom. The van der Waals surface area contributed by atoms with Gasteiger partial charge in [-0.1, -0.05) is 28.1 Å². The lowest BCUT2D eigenvalue weighted by Crippen LogP contribution is -2.31. The van der Waals surface area contributed by atoms with Crippen LogP contribution in [0.2, 0.25) is 0 Å². The summed E-state index contributed by atoms with van der Waals surface area (Å²) in [6.45, 7) is 2.00. The molecule has 1 unspecified atom stereocenters. The van der Waals surface area contributed by atoms with E-state index in [1.807, 2.05) is 12.9 Å². The molecular weight excluding hydrogens is 435 g/mol. The van der Waals surface area contributed by atoms with Gasteiger partial charge in [0.1, 0.15) is 12.6 Å². The molecule has 3 N–H and O–H groups in total. The molecule has 2 rings (SSSR count). The fraction of sp³-hybridized carbons (Fsp3) is 0.421. The van der Waals surface area contributed by atoms with Crippen LogP contribution in [0.3, 0.4) is 0 Å². The number of carbonyl (C=O) groups excluding carboxylic acids is 3. The molecule has 0 spiro atoms. The summed E-state index contributed by atoms with van der Waals surface area (Å²) in [6, 6.07) is 4.66. The number of amides is 1. The largest absolute Gasteiger partial charge is 0.388 e. The zero-order valence-electron chi connectivity index (χ0n) is 16.7. The number of hydrogen-bond acceptors (Lipinski definition) is 6. The van der Waals surface area contributed by atoms with Crippen LogP contribution in [0.1, 0.15) is 19.3 Å². The second-order valence-electron chi connectivity index (χ2n) is 4.91. The molecule has 0 fully saturated rings. The molecule has 1 atom stereocenters. The van der Waals surface area contributed by atoms with Gasteiger partial charge in [0.05, 0.1) is 0 Å². The van der Waals surface area contributed by atoms with E-state index in [0.717, 1.165) is 10.2 Å². The lowest BCUT2D eigenvalue weighted by atomic mass is 10.3. The molecular formula is C19H30BrFN2O5. The maximum Gasteiger partial charge on any atom is 0.253 e. The van der Waals surface area contributed by atoms with E-state index in [1.165, 1.54) is 38.5 Å². The molecule has 1 aliphatic rings. The third-order valence-electron chi connectivity index (χ3n) is 2.72. The van der Waals surface area contributed by atoms with Crippen LogP contribution < -0.4 is 11.1 Å². The van der Waals surface area contributed by atoms with Crippen molar-refractivity contribution in [3.8, 4) is 0 Å². The predicted octanol–water partition coefficient (Wildman–Crippen LogP) is 3.12. The van der Waals surface area contributed by atoms with Gasteiger partial charge in [-0.15, -0.1) is 0 Å². The monoisotopic (exact) mass is 464 g/mol. The van der Waals surface area contributed by atoms with Crippen LogP contribution in [0.25, 0.3) is 0 Å². The number of ether oxygens (including phenoxy) is 2. The standard InChI is InChI=1S/C7H7BrFN.C5H8.C4H7NO3.C2H6O.CH2O/c1-10-7-3-5(8)2-6(9)4-7;1-2-4-5-3-1;1-8-3(2-6)4(5)7;1-3-2;1-2/h2-4,10H,1H3;1-2H,3-5H2;2-3H,1H3,(H2,5,7);1-2H3;1H2. The summed E-state index contributed by atoms with van der Waals surface area (Å²) in [5, 5.41) is 2.84. The summed E-state index contributed by atoms with van der Waals surface area (Å²) in [4.78, 5) is 27.8. The van der Waals surface area contributed by atoms with E-state index in [2.05, 4.69) is 48.6 Å². The molecule has 1 aliphatic carbocycles. The first-order valence-electron chi connectivity index (χ1n) is 8.11. The quantitative estimate of drug-likeness (QED) is 0.402. The van der Waals surface area contributed by atoms with Gasteiger partial charge in [-0.3, -0.25) is 9.59 Å². The van der Waals surface area contributed by atoms with Gasteiger partial charge in [0, 0.05) is 38.5 Å². The van der Waals surface area contributed by atoms with Crippen LogP contribution in [0.4, 0.5) is 10.1 Å². The number of carbonyl (C=O) groups is 3. The van der Waals surface area contributed by atoms with E-state index in [-0.39, 0.29) is 5.82 Å². The van der Waals surface area contributed by atoms with E-state index in [4.69, 9.17) is 4.79 Å². The molecule has 160 valence electrons. The Balaban J connectivity index is -0.000000310. The van der Waals surface area contributed by atoms with Crippen LogP contribution >= 0.6 is 15.9 Å². The van der Waals surface area contributed by atoms with E-state index < -0.39 is 12.0 Å². The number of nitrogens with two attached hydrogens (primary N) is 1. The molecule has 0 saturated heterocycles. The molecule has 0 aliphatic heterocycles. The first-order valence-corrected chi connectivity index (χ1v) is 8.90. The van der Waals surface area contributed by atoms with E-state index in [9.17, 15) is 14.0 Å². The van der Waals surface area contributed by atoms with Gasteiger partial charge in [0.25, 0.3) is 5.91 Å². The smallest absolute Gasteiger partial charge is 0.253 e. The lowest BCUT2D eigenvalue weighted by Gasteiger charge is -1.99. The molecule has 0 bridgehead atoms. The summed E-state index contributed by atoms with van der Waals surface area (Å²) in [5.41, 5.74) is 5.43. The van der Waals surface area contributed by atoms with Gasteiger partial charge >= 0.3 is 0 Å². The molecule has 0 saturated carbocycles. The zero-order chi connectivity index (χ0) is 22.4. The zero-order valence-corrected chi connectivity index (χ0v) is 18.3. The number of anilines is 1. The summed E-state index contributed by atoms with van der Waals surface area (Å²) in [5.74, 6) is -0.999. The third-order valence-corrected chi connectivity index (χ3v) is 3.18. The number of allylic oxidation sites excluding steroid dienone is 2. The molecule has 9 heteroatoms. The Morgan fingerprint density at radius 1 is 1.25 bits per heavy atom. The Morgan fingerprint density at radius 2 is 1.75 bits per heavy atom.